The normalized spacial score (nSPS) is 14.3. The zero-order chi connectivity index (χ0) is 20.7. The number of ketones is 1. The average Bonchev–Trinajstić information content (AvgIpc) is 3.25. The van der Waals surface area contributed by atoms with Crippen LogP contribution < -0.4 is 4.74 Å². The molecule has 3 heteroatoms. The van der Waals surface area contributed by atoms with Gasteiger partial charge in [-0.25, -0.2) is 0 Å². The van der Waals surface area contributed by atoms with Crippen LogP contribution in [0.15, 0.2) is 66.2 Å². The standard InChI is InChI=1S/C27H18O3/c1-2-16-30-22-14-4-3-10-18(22)26-25-20-12-6-9-17-8-5-11-19(23(17)20)24(25)21(27(26)29)13-7-15-28/h1,3-6,8-12,14-15H,7,13,16H2. The van der Waals surface area contributed by atoms with Gasteiger partial charge in [0, 0.05) is 28.7 Å². The van der Waals surface area contributed by atoms with Crippen LogP contribution in [0.1, 0.15) is 29.5 Å². The lowest BCUT2D eigenvalue weighted by Crippen LogP contribution is -2.06. The predicted molar refractivity (Wildman–Crippen MR) is 119 cm³/mol. The molecule has 0 aliphatic heterocycles. The Kier molecular flexibility index (Phi) is 4.34. The zero-order valence-electron chi connectivity index (χ0n) is 16.3. The summed E-state index contributed by atoms with van der Waals surface area (Å²) < 4.78 is 5.76. The fraction of sp³-hybridized carbons (Fsp3) is 0.111. The van der Waals surface area contributed by atoms with Crippen LogP contribution >= 0.6 is 0 Å². The molecule has 5 rings (SSSR count). The van der Waals surface area contributed by atoms with Crippen molar-refractivity contribution < 1.29 is 14.3 Å². The van der Waals surface area contributed by atoms with Crippen molar-refractivity contribution in [3.05, 3.63) is 82.9 Å². The van der Waals surface area contributed by atoms with Gasteiger partial charge in [0.05, 0.1) is 0 Å². The molecule has 0 aromatic heterocycles. The second kappa shape index (κ2) is 7.17. The van der Waals surface area contributed by atoms with Crippen molar-refractivity contribution in [3.63, 3.8) is 0 Å². The van der Waals surface area contributed by atoms with Gasteiger partial charge in [-0.15, -0.1) is 6.42 Å². The van der Waals surface area contributed by atoms with Crippen molar-refractivity contribution in [2.45, 2.75) is 12.8 Å². The molecule has 2 aliphatic carbocycles. The summed E-state index contributed by atoms with van der Waals surface area (Å²) in [6.45, 7) is 0.127. The van der Waals surface area contributed by atoms with Crippen molar-refractivity contribution in [1.82, 2.24) is 0 Å². The number of carbonyl (C=O) groups excluding carboxylic acids is 2. The molecule has 3 aromatic rings. The largest absolute Gasteiger partial charge is 0.480 e. The molecule has 3 aromatic carbocycles. The minimum absolute atomic E-state index is 0.0369. The Hall–Kier alpha value is -3.90. The van der Waals surface area contributed by atoms with Gasteiger partial charge in [0.1, 0.15) is 18.6 Å². The Balaban J connectivity index is 1.81. The third kappa shape index (κ3) is 2.54. The molecule has 0 fully saturated rings. The van der Waals surface area contributed by atoms with Gasteiger partial charge >= 0.3 is 0 Å². The molecule has 3 nitrogen and oxygen atoms in total. The Labute approximate surface area is 174 Å². The number of fused-ring (bicyclic) bond motifs is 3. The topological polar surface area (TPSA) is 43.4 Å². The van der Waals surface area contributed by atoms with Crippen LogP contribution in [0.3, 0.4) is 0 Å². The van der Waals surface area contributed by atoms with E-state index in [2.05, 4.69) is 30.2 Å². The number of terminal acetylenes is 1. The Morgan fingerprint density at radius 2 is 1.57 bits per heavy atom. The lowest BCUT2D eigenvalue weighted by Gasteiger charge is -2.12. The van der Waals surface area contributed by atoms with Crippen molar-refractivity contribution in [2.75, 3.05) is 6.61 Å². The molecule has 0 heterocycles. The van der Waals surface area contributed by atoms with E-state index >= 15 is 0 Å². The minimum atomic E-state index is -0.0369. The van der Waals surface area contributed by atoms with E-state index in [9.17, 15) is 9.59 Å². The van der Waals surface area contributed by atoms with Gasteiger partial charge in [-0.1, -0.05) is 60.5 Å². The highest BCUT2D eigenvalue weighted by Gasteiger charge is 2.39. The number of para-hydroxylation sites is 1. The van der Waals surface area contributed by atoms with E-state index in [1.807, 2.05) is 36.4 Å². The molecule has 0 atom stereocenters. The molecule has 0 unspecified atom stereocenters. The monoisotopic (exact) mass is 390 g/mol. The van der Waals surface area contributed by atoms with E-state index in [0.29, 0.717) is 29.7 Å². The van der Waals surface area contributed by atoms with E-state index in [-0.39, 0.29) is 12.4 Å². The van der Waals surface area contributed by atoms with E-state index < -0.39 is 0 Å². The molecule has 0 N–H and O–H groups in total. The molecule has 0 spiro atoms. The number of rotatable bonds is 6. The third-order valence-corrected chi connectivity index (χ3v) is 5.73. The fourth-order valence-electron chi connectivity index (χ4n) is 4.60. The van der Waals surface area contributed by atoms with Crippen LogP contribution in [0.25, 0.3) is 27.5 Å². The number of allylic oxidation sites excluding steroid dienone is 4. The lowest BCUT2D eigenvalue weighted by atomic mass is 9.93. The molecular formula is C27H18O3. The molecule has 144 valence electrons. The van der Waals surface area contributed by atoms with Crippen LogP contribution in [-0.4, -0.2) is 18.7 Å². The van der Waals surface area contributed by atoms with Crippen LogP contribution in [-0.2, 0) is 9.59 Å². The maximum absolute atomic E-state index is 13.7. The first-order valence-corrected chi connectivity index (χ1v) is 9.90. The number of aldehydes is 1. The highest BCUT2D eigenvalue weighted by molar-refractivity contribution is 6.50. The second-order valence-electron chi connectivity index (χ2n) is 7.34. The van der Waals surface area contributed by atoms with Gasteiger partial charge in [0.15, 0.2) is 5.78 Å². The van der Waals surface area contributed by atoms with E-state index in [4.69, 9.17) is 11.2 Å². The van der Waals surface area contributed by atoms with Crippen molar-refractivity contribution >= 4 is 39.6 Å². The SMILES string of the molecule is C#CCOc1ccccc1C1=C2C(=C(CCC=O)C1=O)c1cccc3cccc2c13. The van der Waals surface area contributed by atoms with E-state index in [1.165, 1.54) is 0 Å². The molecule has 2 aliphatic rings. The first-order chi connectivity index (χ1) is 14.8. The number of Topliss-reactive ketones (excluding diaryl/α,β-unsaturated/α-hetero) is 1. The first kappa shape index (κ1) is 18.1. The second-order valence-corrected chi connectivity index (χ2v) is 7.34. The Bertz CT molecular complexity index is 1330. The summed E-state index contributed by atoms with van der Waals surface area (Å²) in [5, 5.41) is 2.29. The van der Waals surface area contributed by atoms with Crippen LogP contribution in [0, 0.1) is 12.3 Å². The van der Waals surface area contributed by atoms with Gasteiger partial charge < -0.3 is 9.53 Å². The molecule has 30 heavy (non-hydrogen) atoms. The van der Waals surface area contributed by atoms with Gasteiger partial charge in [0.2, 0.25) is 0 Å². The van der Waals surface area contributed by atoms with Crippen LogP contribution in [0.5, 0.6) is 5.75 Å². The molecule has 0 saturated heterocycles. The number of carbonyl (C=O) groups is 2. The summed E-state index contributed by atoms with van der Waals surface area (Å²) in [6.07, 6.45) is 6.98. The lowest BCUT2D eigenvalue weighted by molar-refractivity contribution is -0.110. The quantitative estimate of drug-likeness (QED) is 0.435. The van der Waals surface area contributed by atoms with Crippen molar-refractivity contribution in [1.29, 1.82) is 0 Å². The van der Waals surface area contributed by atoms with Gasteiger partial charge in [-0.3, -0.25) is 4.79 Å². The highest BCUT2D eigenvalue weighted by Crippen LogP contribution is 2.55. The smallest absolute Gasteiger partial charge is 0.191 e. The zero-order valence-corrected chi connectivity index (χ0v) is 16.3. The van der Waals surface area contributed by atoms with Crippen molar-refractivity contribution in [2.24, 2.45) is 0 Å². The number of benzene rings is 3. The maximum atomic E-state index is 13.7. The summed E-state index contributed by atoms with van der Waals surface area (Å²) in [6, 6.07) is 19.8. The summed E-state index contributed by atoms with van der Waals surface area (Å²) in [4.78, 5) is 24.8. The van der Waals surface area contributed by atoms with E-state index in [1.54, 1.807) is 0 Å². The van der Waals surface area contributed by atoms with Gasteiger partial charge in [-0.2, -0.15) is 0 Å². The Morgan fingerprint density at radius 1 is 0.867 bits per heavy atom. The maximum Gasteiger partial charge on any atom is 0.191 e. The Morgan fingerprint density at radius 3 is 2.30 bits per heavy atom. The number of ether oxygens (including phenoxy) is 1. The van der Waals surface area contributed by atoms with Crippen LogP contribution in [0.4, 0.5) is 0 Å². The fourth-order valence-corrected chi connectivity index (χ4v) is 4.60. The average molecular weight is 390 g/mol. The predicted octanol–water partition coefficient (Wildman–Crippen LogP) is 5.09. The summed E-state index contributed by atoms with van der Waals surface area (Å²) in [5.41, 5.74) is 6.06. The summed E-state index contributed by atoms with van der Waals surface area (Å²) in [7, 11) is 0. The molecule has 0 bridgehead atoms. The minimum Gasteiger partial charge on any atom is -0.480 e. The number of hydrogen-bond donors (Lipinski definition) is 0. The van der Waals surface area contributed by atoms with Crippen LogP contribution in [0.2, 0.25) is 0 Å². The number of hydrogen-bond acceptors (Lipinski definition) is 3. The van der Waals surface area contributed by atoms with Gasteiger partial charge in [0.25, 0.3) is 0 Å². The molecular weight excluding hydrogens is 372 g/mol. The first-order valence-electron chi connectivity index (χ1n) is 9.90. The van der Waals surface area contributed by atoms with Crippen molar-refractivity contribution in [3.8, 4) is 18.1 Å². The van der Waals surface area contributed by atoms with E-state index in [0.717, 1.165) is 44.9 Å². The summed E-state index contributed by atoms with van der Waals surface area (Å²) >= 11 is 0. The highest BCUT2D eigenvalue weighted by atomic mass is 16.5. The molecule has 0 saturated carbocycles. The molecule has 0 radical (unpaired) electrons. The molecule has 0 amide bonds. The summed E-state index contributed by atoms with van der Waals surface area (Å²) in [5.74, 6) is 3.04. The van der Waals surface area contributed by atoms with Gasteiger partial charge in [-0.05, 0) is 40.0 Å². The third-order valence-electron chi connectivity index (χ3n) is 5.73.